The molecule has 1 aromatic carbocycles. The molecule has 0 saturated heterocycles. The number of anilines is 1. The highest BCUT2D eigenvalue weighted by molar-refractivity contribution is 7.97. The molecule has 5 nitrogen and oxygen atoms in total. The largest absolute Gasteiger partial charge is 0.524 e. The number of alkyl halides is 3. The van der Waals surface area contributed by atoms with E-state index in [1.54, 1.807) is 4.57 Å². The number of aromatic nitrogens is 1. The van der Waals surface area contributed by atoms with Gasteiger partial charge in [-0.3, -0.25) is 9.53 Å². The maximum absolute atomic E-state index is 13.4. The first kappa shape index (κ1) is 22.9. The van der Waals surface area contributed by atoms with Gasteiger partial charge in [0, 0.05) is 24.0 Å². The highest BCUT2D eigenvalue weighted by atomic mass is 35.5. The number of halogens is 6. The molecule has 1 aliphatic heterocycles. The van der Waals surface area contributed by atoms with Crippen molar-refractivity contribution in [3.05, 3.63) is 46.2 Å². The zero-order valence-corrected chi connectivity index (χ0v) is 17.1. The lowest BCUT2D eigenvalue weighted by Gasteiger charge is -2.19. The normalized spacial score (nSPS) is 15.0. The van der Waals surface area contributed by atoms with E-state index in [2.05, 4.69) is 14.8 Å². The lowest BCUT2D eigenvalue weighted by molar-refractivity contribution is -0.341. The average Bonchev–Trinajstić information content (AvgIpc) is 2.93. The SMILES string of the molecule is CC(NSc1c(Cl)c(C(=O)Nc2ccc(F)c(F)c2)n2c1CCCC2)OC(F)(F)F. The Balaban J connectivity index is 1.84. The fraction of sp³-hybridized carbons (Fsp3) is 0.389. The summed E-state index contributed by atoms with van der Waals surface area (Å²) < 4.78 is 71.7. The van der Waals surface area contributed by atoms with E-state index in [1.807, 2.05) is 0 Å². The van der Waals surface area contributed by atoms with Gasteiger partial charge in [-0.25, -0.2) is 13.5 Å². The molecular weight excluding hydrogens is 453 g/mol. The number of amides is 1. The molecule has 164 valence electrons. The molecule has 0 saturated carbocycles. The Morgan fingerprint density at radius 3 is 2.67 bits per heavy atom. The number of nitrogens with one attached hydrogen (secondary N) is 2. The topological polar surface area (TPSA) is 55.3 Å². The molecular formula is C18H17ClF5N3O2S. The Bertz CT molecular complexity index is 951. The maximum atomic E-state index is 13.4. The number of carbonyl (C=O) groups is 1. The van der Waals surface area contributed by atoms with Crippen LogP contribution in [0.1, 0.15) is 35.9 Å². The minimum Gasteiger partial charge on any atom is -0.338 e. The third kappa shape index (κ3) is 5.26. The van der Waals surface area contributed by atoms with Crippen LogP contribution in [-0.4, -0.2) is 23.1 Å². The van der Waals surface area contributed by atoms with Crippen molar-refractivity contribution in [3.63, 3.8) is 0 Å². The van der Waals surface area contributed by atoms with Gasteiger partial charge in [-0.2, -0.15) is 0 Å². The maximum Gasteiger partial charge on any atom is 0.524 e. The summed E-state index contributed by atoms with van der Waals surface area (Å²) in [6.07, 6.45) is -3.96. The number of nitrogens with zero attached hydrogens (tertiary/aromatic N) is 1. The first-order valence-electron chi connectivity index (χ1n) is 8.91. The summed E-state index contributed by atoms with van der Waals surface area (Å²) in [4.78, 5) is 13.2. The van der Waals surface area contributed by atoms with Crippen LogP contribution < -0.4 is 10.0 Å². The molecule has 30 heavy (non-hydrogen) atoms. The second-order valence-corrected chi connectivity index (χ2v) is 7.78. The monoisotopic (exact) mass is 469 g/mol. The number of hydrogen-bond donors (Lipinski definition) is 2. The second kappa shape index (κ2) is 9.13. The molecule has 12 heteroatoms. The Labute approximate surface area is 178 Å². The van der Waals surface area contributed by atoms with Gasteiger partial charge in [0.25, 0.3) is 5.91 Å². The van der Waals surface area contributed by atoms with Crippen LogP contribution in [0.4, 0.5) is 27.6 Å². The lowest BCUT2D eigenvalue weighted by Crippen LogP contribution is -2.30. The summed E-state index contributed by atoms with van der Waals surface area (Å²) in [5.74, 6) is -2.80. The smallest absolute Gasteiger partial charge is 0.338 e. The van der Waals surface area contributed by atoms with E-state index in [0.29, 0.717) is 23.6 Å². The van der Waals surface area contributed by atoms with E-state index >= 15 is 0 Å². The summed E-state index contributed by atoms with van der Waals surface area (Å²) in [5, 5.41) is 2.53. The van der Waals surface area contributed by atoms with Gasteiger partial charge in [-0.15, -0.1) is 13.2 Å². The van der Waals surface area contributed by atoms with Crippen molar-refractivity contribution in [2.45, 2.75) is 50.2 Å². The van der Waals surface area contributed by atoms with Gasteiger partial charge in [0.2, 0.25) is 0 Å². The number of benzene rings is 1. The van der Waals surface area contributed by atoms with Crippen LogP contribution in [0.2, 0.25) is 5.02 Å². The zero-order chi connectivity index (χ0) is 22.1. The predicted molar refractivity (Wildman–Crippen MR) is 102 cm³/mol. The highest BCUT2D eigenvalue weighted by Crippen LogP contribution is 2.38. The summed E-state index contributed by atoms with van der Waals surface area (Å²) in [6.45, 7) is 1.68. The van der Waals surface area contributed by atoms with Crippen molar-refractivity contribution in [3.8, 4) is 0 Å². The van der Waals surface area contributed by atoms with Crippen LogP contribution in [0.5, 0.6) is 0 Å². The molecule has 0 fully saturated rings. The summed E-state index contributed by atoms with van der Waals surface area (Å²) >= 11 is 7.26. The molecule has 3 rings (SSSR count). The molecule has 2 heterocycles. The fourth-order valence-electron chi connectivity index (χ4n) is 3.12. The second-order valence-electron chi connectivity index (χ2n) is 6.56. The minimum atomic E-state index is -4.80. The van der Waals surface area contributed by atoms with Gasteiger partial charge in [-0.05, 0) is 50.3 Å². The first-order valence-corrected chi connectivity index (χ1v) is 10.1. The molecule has 1 aliphatic rings. The quantitative estimate of drug-likeness (QED) is 0.334. The van der Waals surface area contributed by atoms with Crippen molar-refractivity contribution >= 4 is 35.1 Å². The van der Waals surface area contributed by atoms with Crippen molar-refractivity contribution in [1.29, 1.82) is 0 Å². The van der Waals surface area contributed by atoms with Crippen LogP contribution in [-0.2, 0) is 17.7 Å². The van der Waals surface area contributed by atoms with E-state index in [1.165, 1.54) is 13.0 Å². The van der Waals surface area contributed by atoms with Gasteiger partial charge in [0.05, 0.1) is 9.92 Å². The highest BCUT2D eigenvalue weighted by Gasteiger charge is 2.33. The molecule has 1 amide bonds. The Hall–Kier alpha value is -1.82. The van der Waals surface area contributed by atoms with Gasteiger partial charge < -0.3 is 9.88 Å². The van der Waals surface area contributed by atoms with Gasteiger partial charge in [0.15, 0.2) is 11.6 Å². The minimum absolute atomic E-state index is 0.0425. The van der Waals surface area contributed by atoms with E-state index in [0.717, 1.165) is 36.9 Å². The van der Waals surface area contributed by atoms with Crippen molar-refractivity contribution in [2.75, 3.05) is 5.32 Å². The van der Waals surface area contributed by atoms with Crippen LogP contribution in [0.15, 0.2) is 23.1 Å². The fourth-order valence-corrected chi connectivity index (χ4v) is 4.39. The van der Waals surface area contributed by atoms with Crippen LogP contribution in [0, 0.1) is 11.6 Å². The summed E-state index contributed by atoms with van der Waals surface area (Å²) in [6, 6.07) is 2.93. The molecule has 1 atom stereocenters. The number of fused-ring (bicyclic) bond motifs is 1. The number of carbonyl (C=O) groups excluding carboxylic acids is 1. The number of hydrogen-bond acceptors (Lipinski definition) is 4. The van der Waals surface area contributed by atoms with Crippen LogP contribution in [0.25, 0.3) is 0 Å². The Morgan fingerprint density at radius 1 is 1.27 bits per heavy atom. The van der Waals surface area contributed by atoms with E-state index in [4.69, 9.17) is 11.6 Å². The summed E-state index contributed by atoms with van der Waals surface area (Å²) in [5.41, 5.74) is 0.851. The van der Waals surface area contributed by atoms with Gasteiger partial charge in [-0.1, -0.05) is 11.6 Å². The molecule has 1 aromatic heterocycles. The van der Waals surface area contributed by atoms with Crippen molar-refractivity contribution < 1.29 is 31.5 Å². The summed E-state index contributed by atoms with van der Waals surface area (Å²) in [7, 11) is 0. The molecule has 0 spiro atoms. The lowest BCUT2D eigenvalue weighted by atomic mass is 10.1. The van der Waals surface area contributed by atoms with Crippen LogP contribution in [0.3, 0.4) is 0 Å². The predicted octanol–water partition coefficient (Wildman–Crippen LogP) is 5.49. The van der Waals surface area contributed by atoms with Crippen molar-refractivity contribution in [1.82, 2.24) is 9.29 Å². The van der Waals surface area contributed by atoms with E-state index in [9.17, 15) is 26.7 Å². The van der Waals surface area contributed by atoms with Gasteiger partial charge >= 0.3 is 6.36 Å². The third-order valence-electron chi connectivity index (χ3n) is 4.34. The third-order valence-corrected chi connectivity index (χ3v) is 5.91. The van der Waals surface area contributed by atoms with Crippen LogP contribution >= 0.6 is 23.5 Å². The first-order chi connectivity index (χ1) is 14.1. The van der Waals surface area contributed by atoms with Crippen molar-refractivity contribution in [2.24, 2.45) is 0 Å². The molecule has 0 bridgehead atoms. The standard InChI is InChI=1S/C18H17ClF5N3O2S/c1-9(29-18(22,23)24)26-30-16-13-4-2-3-7-27(13)15(14(16)19)17(28)25-10-5-6-11(20)12(21)8-10/h5-6,8-9,26H,2-4,7H2,1H3,(H,25,28). The molecule has 1 unspecified atom stereocenters. The van der Waals surface area contributed by atoms with E-state index in [-0.39, 0.29) is 16.4 Å². The Kier molecular flexibility index (Phi) is 6.95. The van der Waals surface area contributed by atoms with Gasteiger partial charge in [0.1, 0.15) is 11.9 Å². The number of ether oxygens (including phenoxy) is 1. The molecule has 2 aromatic rings. The Morgan fingerprint density at radius 2 is 2.00 bits per heavy atom. The molecule has 0 aliphatic carbocycles. The molecule has 2 N–H and O–H groups in total. The number of rotatable bonds is 6. The zero-order valence-electron chi connectivity index (χ0n) is 15.6. The molecule has 0 radical (unpaired) electrons. The van der Waals surface area contributed by atoms with E-state index < -0.39 is 30.1 Å². The average molecular weight is 470 g/mol.